The highest BCUT2D eigenvalue weighted by Gasteiger charge is 2.13. The van der Waals surface area contributed by atoms with Crippen molar-refractivity contribution in [3.8, 4) is 5.75 Å². The summed E-state index contributed by atoms with van der Waals surface area (Å²) < 4.78 is 18.5. The number of anilines is 1. The predicted molar refractivity (Wildman–Crippen MR) is 86.7 cm³/mol. The normalized spacial score (nSPS) is 12.2. The Morgan fingerprint density at radius 1 is 1.30 bits per heavy atom. The molecule has 0 saturated carbocycles. The maximum absolute atomic E-state index is 12.5. The average Bonchev–Trinajstić information content (AvgIpc) is 2.38. The highest BCUT2D eigenvalue weighted by molar-refractivity contribution is 9.10. The van der Waals surface area contributed by atoms with Gasteiger partial charge in [0.05, 0.1) is 28.6 Å². The van der Waals surface area contributed by atoms with Crippen molar-refractivity contribution in [1.29, 1.82) is 0 Å². The second-order valence-electron chi connectivity index (χ2n) is 4.14. The molecule has 2 aromatic rings. The summed E-state index contributed by atoms with van der Waals surface area (Å²) in [5.41, 5.74) is 7.11. The molecule has 0 saturated heterocycles. The quantitative estimate of drug-likeness (QED) is 0.823. The SMILES string of the molecule is COc1ccc(Cl)cc1CS(=O)c1ccc(N)cc1Br. The molecule has 3 nitrogen and oxygen atoms in total. The van der Waals surface area contributed by atoms with E-state index in [1.54, 1.807) is 43.5 Å². The number of ether oxygens (including phenoxy) is 1. The molecule has 2 aromatic carbocycles. The van der Waals surface area contributed by atoms with Crippen molar-refractivity contribution in [2.75, 3.05) is 12.8 Å². The Labute approximate surface area is 133 Å². The molecule has 0 amide bonds. The Hall–Kier alpha value is -1.04. The van der Waals surface area contributed by atoms with E-state index in [4.69, 9.17) is 22.1 Å². The monoisotopic (exact) mass is 373 g/mol. The molecule has 0 radical (unpaired) electrons. The Balaban J connectivity index is 2.30. The van der Waals surface area contributed by atoms with Gasteiger partial charge in [0.1, 0.15) is 5.75 Å². The zero-order chi connectivity index (χ0) is 14.7. The number of hydrogen-bond acceptors (Lipinski definition) is 3. The first kappa shape index (κ1) is 15.4. The molecule has 2 rings (SSSR count). The van der Waals surface area contributed by atoms with Gasteiger partial charge in [-0.2, -0.15) is 0 Å². The lowest BCUT2D eigenvalue weighted by Gasteiger charge is -2.10. The van der Waals surface area contributed by atoms with Crippen molar-refractivity contribution >= 4 is 44.0 Å². The van der Waals surface area contributed by atoms with Crippen LogP contribution in [-0.2, 0) is 16.6 Å². The van der Waals surface area contributed by atoms with Crippen LogP contribution >= 0.6 is 27.5 Å². The van der Waals surface area contributed by atoms with E-state index in [1.807, 2.05) is 0 Å². The number of nitrogen functional groups attached to an aromatic ring is 1. The van der Waals surface area contributed by atoms with Gasteiger partial charge in [-0.3, -0.25) is 4.21 Å². The van der Waals surface area contributed by atoms with Crippen molar-refractivity contribution < 1.29 is 8.95 Å². The van der Waals surface area contributed by atoms with Crippen LogP contribution in [0.5, 0.6) is 5.75 Å². The van der Waals surface area contributed by atoms with E-state index in [0.29, 0.717) is 27.1 Å². The van der Waals surface area contributed by atoms with Crippen LogP contribution in [0.15, 0.2) is 45.8 Å². The number of benzene rings is 2. The Kier molecular flexibility index (Phi) is 5.07. The van der Waals surface area contributed by atoms with Gasteiger partial charge in [-0.25, -0.2) is 0 Å². The zero-order valence-corrected chi connectivity index (χ0v) is 13.9. The van der Waals surface area contributed by atoms with Gasteiger partial charge >= 0.3 is 0 Å². The molecule has 0 aliphatic carbocycles. The lowest BCUT2D eigenvalue weighted by Crippen LogP contribution is -2.00. The molecule has 6 heteroatoms. The summed E-state index contributed by atoms with van der Waals surface area (Å²) in [6, 6.07) is 10.5. The summed E-state index contributed by atoms with van der Waals surface area (Å²) in [6.45, 7) is 0. The summed E-state index contributed by atoms with van der Waals surface area (Å²) in [4.78, 5) is 0.696. The van der Waals surface area contributed by atoms with Crippen molar-refractivity contribution in [1.82, 2.24) is 0 Å². The maximum atomic E-state index is 12.5. The van der Waals surface area contributed by atoms with E-state index in [2.05, 4.69) is 15.9 Å². The molecule has 0 aliphatic rings. The minimum Gasteiger partial charge on any atom is -0.496 e. The maximum Gasteiger partial charge on any atom is 0.123 e. The third kappa shape index (κ3) is 3.53. The Bertz CT molecular complexity index is 664. The molecule has 2 N–H and O–H groups in total. The fraction of sp³-hybridized carbons (Fsp3) is 0.143. The second kappa shape index (κ2) is 6.61. The van der Waals surface area contributed by atoms with Gasteiger partial charge in [0.2, 0.25) is 0 Å². The van der Waals surface area contributed by atoms with Crippen LogP contribution in [0.3, 0.4) is 0 Å². The zero-order valence-electron chi connectivity index (χ0n) is 10.7. The fourth-order valence-corrected chi connectivity index (χ4v) is 4.07. The summed E-state index contributed by atoms with van der Waals surface area (Å²) in [6.07, 6.45) is 0. The Morgan fingerprint density at radius 2 is 2.05 bits per heavy atom. The number of rotatable bonds is 4. The molecule has 106 valence electrons. The summed E-state index contributed by atoms with van der Waals surface area (Å²) in [5, 5.41) is 0.592. The summed E-state index contributed by atoms with van der Waals surface area (Å²) in [7, 11) is 0.363. The van der Waals surface area contributed by atoms with Crippen LogP contribution < -0.4 is 10.5 Å². The third-order valence-electron chi connectivity index (χ3n) is 2.73. The molecule has 0 aliphatic heterocycles. The first-order valence-electron chi connectivity index (χ1n) is 5.77. The first-order chi connectivity index (χ1) is 9.51. The lowest BCUT2D eigenvalue weighted by atomic mass is 10.2. The van der Waals surface area contributed by atoms with E-state index >= 15 is 0 Å². The minimum absolute atomic E-state index is 0.326. The molecule has 0 bridgehead atoms. The molecule has 1 atom stereocenters. The number of halogens is 2. The van der Waals surface area contributed by atoms with Gasteiger partial charge in [0.25, 0.3) is 0 Å². The van der Waals surface area contributed by atoms with Gasteiger partial charge in [-0.1, -0.05) is 11.6 Å². The fourth-order valence-electron chi connectivity index (χ4n) is 1.78. The molecule has 0 aromatic heterocycles. The van der Waals surface area contributed by atoms with Gasteiger partial charge < -0.3 is 10.5 Å². The van der Waals surface area contributed by atoms with E-state index in [1.165, 1.54) is 0 Å². The van der Waals surface area contributed by atoms with Crippen LogP contribution in [0.25, 0.3) is 0 Å². The van der Waals surface area contributed by atoms with Crippen LogP contribution in [0, 0.1) is 0 Å². The van der Waals surface area contributed by atoms with Crippen molar-refractivity contribution in [2.45, 2.75) is 10.6 Å². The third-order valence-corrected chi connectivity index (χ3v) is 5.30. The highest BCUT2D eigenvalue weighted by Crippen LogP contribution is 2.28. The van der Waals surface area contributed by atoms with Crippen molar-refractivity contribution in [3.63, 3.8) is 0 Å². The molecule has 1 unspecified atom stereocenters. The number of hydrogen-bond donors (Lipinski definition) is 1. The van der Waals surface area contributed by atoms with Crippen LogP contribution in [0.2, 0.25) is 5.02 Å². The van der Waals surface area contributed by atoms with E-state index < -0.39 is 10.8 Å². The number of nitrogens with two attached hydrogens (primary N) is 1. The van der Waals surface area contributed by atoms with Gasteiger partial charge in [-0.05, 0) is 52.3 Å². The van der Waals surface area contributed by atoms with Gasteiger partial charge in [0, 0.05) is 20.7 Å². The smallest absolute Gasteiger partial charge is 0.123 e. The second-order valence-corrected chi connectivity index (χ2v) is 6.85. The molecular formula is C14H13BrClNO2S. The largest absolute Gasteiger partial charge is 0.496 e. The molecule has 0 heterocycles. The van der Waals surface area contributed by atoms with Crippen LogP contribution in [0.1, 0.15) is 5.56 Å². The molecular weight excluding hydrogens is 362 g/mol. The van der Waals surface area contributed by atoms with Gasteiger partial charge in [0.15, 0.2) is 0 Å². The van der Waals surface area contributed by atoms with E-state index in [9.17, 15) is 4.21 Å². The molecule has 20 heavy (non-hydrogen) atoms. The molecule has 0 spiro atoms. The van der Waals surface area contributed by atoms with Crippen LogP contribution in [-0.4, -0.2) is 11.3 Å². The summed E-state index contributed by atoms with van der Waals surface area (Å²) >= 11 is 9.36. The average molecular weight is 375 g/mol. The first-order valence-corrected chi connectivity index (χ1v) is 8.26. The lowest BCUT2D eigenvalue weighted by molar-refractivity contribution is 0.411. The standard InChI is InChI=1S/C14H13BrClNO2S/c1-19-13-4-2-10(16)6-9(13)8-20(18)14-5-3-11(17)7-12(14)15/h2-7H,8,17H2,1H3. The van der Waals surface area contributed by atoms with Gasteiger partial charge in [-0.15, -0.1) is 0 Å². The van der Waals surface area contributed by atoms with E-state index in [0.717, 1.165) is 10.0 Å². The Morgan fingerprint density at radius 3 is 2.70 bits per heavy atom. The van der Waals surface area contributed by atoms with Crippen LogP contribution in [0.4, 0.5) is 5.69 Å². The highest BCUT2D eigenvalue weighted by atomic mass is 79.9. The van der Waals surface area contributed by atoms with Crippen molar-refractivity contribution in [2.24, 2.45) is 0 Å². The molecule has 0 fully saturated rings. The van der Waals surface area contributed by atoms with E-state index in [-0.39, 0.29) is 0 Å². The topological polar surface area (TPSA) is 52.3 Å². The number of methoxy groups -OCH3 is 1. The summed E-state index contributed by atoms with van der Waals surface area (Å²) in [5.74, 6) is 1.00. The minimum atomic E-state index is -1.22. The van der Waals surface area contributed by atoms with Crippen molar-refractivity contribution in [3.05, 3.63) is 51.5 Å². The predicted octanol–water partition coefficient (Wildman–Crippen LogP) is 4.00.